The van der Waals surface area contributed by atoms with Gasteiger partial charge in [-0.15, -0.1) is 0 Å². The Balaban J connectivity index is 2.23. The van der Waals surface area contributed by atoms with Crippen molar-refractivity contribution in [2.24, 2.45) is 0 Å². The molecule has 0 saturated heterocycles. The number of thioether (sulfide) groups is 1. The zero-order chi connectivity index (χ0) is 15.0. The maximum atomic E-state index is 12.9. The van der Waals surface area contributed by atoms with Crippen LogP contribution < -0.4 is 11.1 Å². The van der Waals surface area contributed by atoms with E-state index in [0.717, 1.165) is 0 Å². The van der Waals surface area contributed by atoms with Crippen molar-refractivity contribution in [3.05, 3.63) is 24.0 Å². The maximum Gasteiger partial charge on any atom is 0.306 e. The fraction of sp³-hybridized carbons (Fsp3) is 0.385. The number of ether oxygens (including phenoxy) is 1. The fourth-order valence-corrected chi connectivity index (χ4v) is 2.21. The van der Waals surface area contributed by atoms with Gasteiger partial charge in [0.2, 0.25) is 5.91 Å². The molecule has 7 heteroatoms. The van der Waals surface area contributed by atoms with Gasteiger partial charge >= 0.3 is 5.97 Å². The van der Waals surface area contributed by atoms with Gasteiger partial charge in [-0.3, -0.25) is 9.59 Å². The second kappa shape index (κ2) is 8.42. The summed E-state index contributed by atoms with van der Waals surface area (Å²) in [7, 11) is 1.34. The molecule has 0 aromatic heterocycles. The van der Waals surface area contributed by atoms with Crippen molar-refractivity contribution in [1.82, 2.24) is 0 Å². The molecule has 0 spiro atoms. The molecule has 0 bridgehead atoms. The van der Waals surface area contributed by atoms with E-state index in [1.54, 1.807) is 0 Å². The van der Waals surface area contributed by atoms with E-state index in [1.807, 2.05) is 0 Å². The lowest BCUT2D eigenvalue weighted by atomic mass is 10.2. The topological polar surface area (TPSA) is 81.4 Å². The van der Waals surface area contributed by atoms with Gasteiger partial charge in [-0.05, 0) is 18.2 Å². The smallest absolute Gasteiger partial charge is 0.306 e. The van der Waals surface area contributed by atoms with Crippen molar-refractivity contribution in [3.63, 3.8) is 0 Å². The van der Waals surface area contributed by atoms with E-state index >= 15 is 0 Å². The SMILES string of the molecule is COC(=O)CCSCCC(=O)Nc1ccc(F)c(N)c1. The fourth-order valence-electron chi connectivity index (χ4n) is 1.37. The quantitative estimate of drug-likeness (QED) is 0.457. The van der Waals surface area contributed by atoms with Gasteiger partial charge in [0.15, 0.2) is 0 Å². The molecule has 20 heavy (non-hydrogen) atoms. The maximum absolute atomic E-state index is 12.9. The van der Waals surface area contributed by atoms with Gasteiger partial charge in [-0.2, -0.15) is 11.8 Å². The van der Waals surface area contributed by atoms with E-state index in [-0.39, 0.29) is 17.6 Å². The van der Waals surface area contributed by atoms with Crippen LogP contribution in [0.2, 0.25) is 0 Å². The number of carbonyl (C=O) groups excluding carboxylic acids is 2. The van der Waals surface area contributed by atoms with Crippen molar-refractivity contribution < 1.29 is 18.7 Å². The van der Waals surface area contributed by atoms with Crippen LogP contribution in [-0.2, 0) is 14.3 Å². The average molecular weight is 300 g/mol. The summed E-state index contributed by atoms with van der Waals surface area (Å²) in [5.74, 6) is 0.259. The summed E-state index contributed by atoms with van der Waals surface area (Å²) in [6.45, 7) is 0. The molecule has 0 aliphatic carbocycles. The normalized spacial score (nSPS) is 10.1. The molecule has 0 aliphatic heterocycles. The number of halogens is 1. The molecule has 0 heterocycles. The van der Waals surface area contributed by atoms with Gasteiger partial charge in [0.1, 0.15) is 5.82 Å². The van der Waals surface area contributed by atoms with Crippen LogP contribution in [0.3, 0.4) is 0 Å². The predicted octanol–water partition coefficient (Wildman–Crippen LogP) is 2.03. The second-order valence-electron chi connectivity index (χ2n) is 3.97. The van der Waals surface area contributed by atoms with Gasteiger partial charge in [-0.1, -0.05) is 0 Å². The minimum atomic E-state index is -0.513. The molecule has 3 N–H and O–H groups in total. The molecule has 1 rings (SSSR count). The Labute approximate surface area is 121 Å². The Hall–Kier alpha value is -1.76. The second-order valence-corrected chi connectivity index (χ2v) is 5.20. The largest absolute Gasteiger partial charge is 0.469 e. The summed E-state index contributed by atoms with van der Waals surface area (Å²) in [6.07, 6.45) is 0.639. The zero-order valence-electron chi connectivity index (χ0n) is 11.1. The number of hydrogen-bond acceptors (Lipinski definition) is 5. The van der Waals surface area contributed by atoms with Crippen molar-refractivity contribution in [2.45, 2.75) is 12.8 Å². The predicted molar refractivity (Wildman–Crippen MR) is 78.0 cm³/mol. The van der Waals surface area contributed by atoms with E-state index in [0.29, 0.717) is 30.0 Å². The molecule has 0 fully saturated rings. The minimum absolute atomic E-state index is 0.00440. The lowest BCUT2D eigenvalue weighted by Crippen LogP contribution is -2.12. The number of nitrogens with one attached hydrogen (secondary N) is 1. The first kappa shape index (κ1) is 16.3. The first-order valence-electron chi connectivity index (χ1n) is 6.02. The van der Waals surface area contributed by atoms with Crippen LogP contribution in [-0.4, -0.2) is 30.5 Å². The number of methoxy groups -OCH3 is 1. The van der Waals surface area contributed by atoms with Crippen LogP contribution >= 0.6 is 11.8 Å². The highest BCUT2D eigenvalue weighted by molar-refractivity contribution is 7.99. The third-order valence-corrected chi connectivity index (χ3v) is 3.42. The van der Waals surface area contributed by atoms with Crippen LogP contribution in [0, 0.1) is 5.82 Å². The van der Waals surface area contributed by atoms with Crippen molar-refractivity contribution in [1.29, 1.82) is 0 Å². The molecule has 0 atom stereocenters. The number of benzene rings is 1. The number of carbonyl (C=O) groups is 2. The van der Waals surface area contributed by atoms with E-state index in [4.69, 9.17) is 5.73 Å². The van der Waals surface area contributed by atoms with Crippen molar-refractivity contribution in [3.8, 4) is 0 Å². The Bertz CT molecular complexity index is 483. The number of anilines is 2. The van der Waals surface area contributed by atoms with Gasteiger partial charge in [0.25, 0.3) is 0 Å². The molecule has 110 valence electrons. The van der Waals surface area contributed by atoms with Crippen molar-refractivity contribution >= 4 is 35.0 Å². The number of rotatable bonds is 7. The average Bonchev–Trinajstić information content (AvgIpc) is 2.42. The monoisotopic (exact) mass is 300 g/mol. The summed E-state index contributed by atoms with van der Waals surface area (Å²) < 4.78 is 17.4. The van der Waals surface area contributed by atoms with Crippen LogP contribution in [0.5, 0.6) is 0 Å². The third-order valence-electron chi connectivity index (χ3n) is 2.43. The highest BCUT2D eigenvalue weighted by Crippen LogP contribution is 2.16. The summed E-state index contributed by atoms with van der Waals surface area (Å²) in [6, 6.07) is 4.03. The standard InChI is InChI=1S/C13H17FN2O3S/c1-19-13(18)5-7-20-6-4-12(17)16-9-2-3-10(14)11(15)8-9/h2-3,8H,4-7,15H2,1H3,(H,16,17). The molecule has 0 saturated carbocycles. The Kier molecular flexibility index (Phi) is 6.86. The van der Waals surface area contributed by atoms with Crippen LogP contribution in [0.25, 0.3) is 0 Å². The summed E-state index contributed by atoms with van der Waals surface area (Å²) in [5, 5.41) is 2.63. The zero-order valence-corrected chi connectivity index (χ0v) is 12.0. The van der Waals surface area contributed by atoms with E-state index in [1.165, 1.54) is 37.1 Å². The van der Waals surface area contributed by atoms with Crippen molar-refractivity contribution in [2.75, 3.05) is 29.7 Å². The number of nitrogen functional groups attached to an aromatic ring is 1. The molecule has 1 amide bonds. The minimum Gasteiger partial charge on any atom is -0.469 e. The van der Waals surface area contributed by atoms with Gasteiger partial charge in [-0.25, -0.2) is 4.39 Å². The van der Waals surface area contributed by atoms with Crippen LogP contribution in [0.4, 0.5) is 15.8 Å². The van der Waals surface area contributed by atoms with Gasteiger partial charge in [0.05, 0.1) is 19.2 Å². The molecular formula is C13H17FN2O3S. The summed E-state index contributed by atoms with van der Waals surface area (Å²) in [4.78, 5) is 22.5. The first-order chi connectivity index (χ1) is 9.52. The molecule has 0 unspecified atom stereocenters. The molecule has 5 nitrogen and oxygen atoms in total. The Morgan fingerprint density at radius 2 is 2.05 bits per heavy atom. The Morgan fingerprint density at radius 1 is 1.35 bits per heavy atom. The van der Waals surface area contributed by atoms with E-state index < -0.39 is 5.82 Å². The number of nitrogens with two attached hydrogens (primary N) is 1. The number of hydrogen-bond donors (Lipinski definition) is 2. The highest BCUT2D eigenvalue weighted by atomic mass is 32.2. The third kappa shape index (κ3) is 5.92. The summed E-state index contributed by atoms with van der Waals surface area (Å²) >= 11 is 1.50. The van der Waals surface area contributed by atoms with E-state index in [2.05, 4.69) is 10.1 Å². The number of amides is 1. The first-order valence-corrected chi connectivity index (χ1v) is 7.18. The molecule has 0 radical (unpaired) electrons. The van der Waals surface area contributed by atoms with Gasteiger partial charge < -0.3 is 15.8 Å². The lowest BCUT2D eigenvalue weighted by molar-refractivity contribution is -0.140. The molecule has 1 aromatic rings. The van der Waals surface area contributed by atoms with Crippen LogP contribution in [0.15, 0.2) is 18.2 Å². The molecule has 0 aliphatic rings. The number of esters is 1. The highest BCUT2D eigenvalue weighted by Gasteiger charge is 2.05. The lowest BCUT2D eigenvalue weighted by Gasteiger charge is -2.06. The Morgan fingerprint density at radius 3 is 2.70 bits per heavy atom. The van der Waals surface area contributed by atoms with Crippen LogP contribution in [0.1, 0.15) is 12.8 Å². The summed E-state index contributed by atoms with van der Waals surface area (Å²) in [5.41, 5.74) is 5.87. The van der Waals surface area contributed by atoms with E-state index in [9.17, 15) is 14.0 Å². The molecular weight excluding hydrogens is 283 g/mol. The molecule has 1 aromatic carbocycles. The van der Waals surface area contributed by atoms with Gasteiger partial charge in [0, 0.05) is 23.6 Å².